The summed E-state index contributed by atoms with van der Waals surface area (Å²) in [6.45, 7) is 3.10. The van der Waals surface area contributed by atoms with E-state index in [1.165, 1.54) is 19.2 Å². The molecule has 120 valence electrons. The molecule has 0 aliphatic rings. The monoisotopic (exact) mass is 310 g/mol. The Bertz CT molecular complexity index is 570. The van der Waals surface area contributed by atoms with Crippen molar-refractivity contribution in [2.24, 2.45) is 5.73 Å². The minimum absolute atomic E-state index is 0.0517. The molecule has 1 aromatic carbocycles. The van der Waals surface area contributed by atoms with Gasteiger partial charge in [-0.05, 0) is 32.0 Å². The summed E-state index contributed by atoms with van der Waals surface area (Å²) in [5.74, 6) is -0.702. The first kappa shape index (κ1) is 17.3. The van der Waals surface area contributed by atoms with Gasteiger partial charge in [-0.15, -0.1) is 0 Å². The van der Waals surface area contributed by atoms with Gasteiger partial charge in [0.1, 0.15) is 0 Å². The zero-order valence-corrected chi connectivity index (χ0v) is 12.5. The molecule has 0 saturated carbocycles. The second kappa shape index (κ2) is 7.87. The fourth-order valence-corrected chi connectivity index (χ4v) is 1.53. The van der Waals surface area contributed by atoms with Crippen LogP contribution in [0.4, 0.5) is 4.79 Å². The molecule has 3 amide bonds. The molecule has 0 aliphatic carbocycles. The SMILES string of the molecule is COc1cc(C(=O)OCC(=O)NC(N)=O)ccc1OC(C)C. The summed E-state index contributed by atoms with van der Waals surface area (Å²) >= 11 is 0. The lowest BCUT2D eigenvalue weighted by atomic mass is 10.2. The molecule has 8 heteroatoms. The van der Waals surface area contributed by atoms with Gasteiger partial charge < -0.3 is 19.9 Å². The molecule has 0 spiro atoms. The van der Waals surface area contributed by atoms with Crippen LogP contribution in [0.2, 0.25) is 0 Å². The van der Waals surface area contributed by atoms with Crippen molar-refractivity contribution in [1.29, 1.82) is 0 Å². The third kappa shape index (κ3) is 5.31. The van der Waals surface area contributed by atoms with Crippen LogP contribution >= 0.6 is 0 Å². The summed E-state index contributed by atoms with van der Waals surface area (Å²) in [7, 11) is 1.44. The van der Waals surface area contributed by atoms with E-state index in [0.717, 1.165) is 0 Å². The number of hydrogen-bond donors (Lipinski definition) is 2. The Kier molecular flexibility index (Phi) is 6.18. The highest BCUT2D eigenvalue weighted by atomic mass is 16.5. The van der Waals surface area contributed by atoms with Crippen molar-refractivity contribution < 1.29 is 28.6 Å². The first-order valence-electron chi connectivity index (χ1n) is 6.44. The van der Waals surface area contributed by atoms with Crippen molar-refractivity contribution in [3.8, 4) is 11.5 Å². The maximum Gasteiger partial charge on any atom is 0.338 e. The van der Waals surface area contributed by atoms with Crippen LogP contribution in [0.3, 0.4) is 0 Å². The lowest BCUT2D eigenvalue weighted by Crippen LogP contribution is -2.37. The van der Waals surface area contributed by atoms with E-state index < -0.39 is 24.5 Å². The van der Waals surface area contributed by atoms with Crippen molar-refractivity contribution in [3.63, 3.8) is 0 Å². The van der Waals surface area contributed by atoms with Gasteiger partial charge in [-0.3, -0.25) is 10.1 Å². The predicted molar refractivity (Wildman–Crippen MR) is 76.8 cm³/mol. The highest BCUT2D eigenvalue weighted by Crippen LogP contribution is 2.29. The van der Waals surface area contributed by atoms with Crippen LogP contribution in [0, 0.1) is 0 Å². The molecular formula is C14H18N2O6. The number of carbonyl (C=O) groups is 3. The Labute approximate surface area is 127 Å². The van der Waals surface area contributed by atoms with Gasteiger partial charge in [0, 0.05) is 0 Å². The van der Waals surface area contributed by atoms with Crippen molar-refractivity contribution in [2.75, 3.05) is 13.7 Å². The maximum atomic E-state index is 11.8. The maximum absolute atomic E-state index is 11.8. The van der Waals surface area contributed by atoms with Gasteiger partial charge >= 0.3 is 12.0 Å². The molecule has 0 radical (unpaired) electrons. The molecule has 0 unspecified atom stereocenters. The van der Waals surface area contributed by atoms with Crippen LogP contribution in [0.5, 0.6) is 11.5 Å². The molecular weight excluding hydrogens is 292 g/mol. The first-order chi connectivity index (χ1) is 10.3. The van der Waals surface area contributed by atoms with Gasteiger partial charge in [-0.1, -0.05) is 0 Å². The molecule has 1 aromatic rings. The number of carbonyl (C=O) groups excluding carboxylic acids is 3. The van der Waals surface area contributed by atoms with Crippen LogP contribution in [0.1, 0.15) is 24.2 Å². The summed E-state index contributed by atoms with van der Waals surface area (Å²) in [4.78, 5) is 33.4. The van der Waals surface area contributed by atoms with Gasteiger partial charge in [-0.25, -0.2) is 9.59 Å². The van der Waals surface area contributed by atoms with Crippen LogP contribution in [-0.2, 0) is 9.53 Å². The molecule has 0 heterocycles. The molecule has 0 bridgehead atoms. The van der Waals surface area contributed by atoms with Gasteiger partial charge in [0.15, 0.2) is 18.1 Å². The molecule has 0 fully saturated rings. The smallest absolute Gasteiger partial charge is 0.338 e. The van der Waals surface area contributed by atoms with E-state index in [1.807, 2.05) is 13.8 Å². The van der Waals surface area contributed by atoms with Gasteiger partial charge in [0.25, 0.3) is 5.91 Å². The normalized spacial score (nSPS) is 10.0. The number of methoxy groups -OCH3 is 1. The second-order valence-electron chi connectivity index (χ2n) is 4.52. The van der Waals surface area contributed by atoms with E-state index >= 15 is 0 Å². The lowest BCUT2D eigenvalue weighted by Gasteiger charge is -2.14. The number of nitrogens with one attached hydrogen (secondary N) is 1. The summed E-state index contributed by atoms with van der Waals surface area (Å²) in [5.41, 5.74) is 4.94. The number of urea groups is 1. The molecule has 1 rings (SSSR count). The third-order valence-corrected chi connectivity index (χ3v) is 2.36. The van der Waals surface area contributed by atoms with E-state index in [9.17, 15) is 14.4 Å². The Hall–Kier alpha value is -2.77. The van der Waals surface area contributed by atoms with E-state index in [-0.39, 0.29) is 11.7 Å². The van der Waals surface area contributed by atoms with Crippen molar-refractivity contribution in [1.82, 2.24) is 5.32 Å². The molecule has 0 aromatic heterocycles. The Morgan fingerprint density at radius 2 is 1.91 bits per heavy atom. The number of ether oxygens (including phenoxy) is 3. The van der Waals surface area contributed by atoms with Crippen molar-refractivity contribution in [3.05, 3.63) is 23.8 Å². The Morgan fingerprint density at radius 1 is 1.23 bits per heavy atom. The number of amides is 3. The van der Waals surface area contributed by atoms with Crippen LogP contribution < -0.4 is 20.5 Å². The highest BCUT2D eigenvalue weighted by Gasteiger charge is 2.15. The number of rotatable bonds is 6. The largest absolute Gasteiger partial charge is 0.493 e. The summed E-state index contributed by atoms with van der Waals surface area (Å²) in [5, 5.41) is 1.78. The lowest BCUT2D eigenvalue weighted by molar-refractivity contribution is -0.123. The van der Waals surface area contributed by atoms with Gasteiger partial charge in [0.2, 0.25) is 0 Å². The number of primary amides is 1. The molecule has 8 nitrogen and oxygen atoms in total. The Morgan fingerprint density at radius 3 is 2.45 bits per heavy atom. The molecule has 0 saturated heterocycles. The molecule has 0 atom stereocenters. The molecule has 22 heavy (non-hydrogen) atoms. The quantitative estimate of drug-likeness (QED) is 0.752. The van der Waals surface area contributed by atoms with E-state index in [1.54, 1.807) is 11.4 Å². The minimum atomic E-state index is -1.02. The van der Waals surface area contributed by atoms with E-state index in [2.05, 4.69) is 0 Å². The number of benzene rings is 1. The van der Waals surface area contributed by atoms with Crippen LogP contribution in [-0.4, -0.2) is 37.7 Å². The second-order valence-corrected chi connectivity index (χ2v) is 4.52. The van der Waals surface area contributed by atoms with Crippen LogP contribution in [0.25, 0.3) is 0 Å². The average molecular weight is 310 g/mol. The Balaban J connectivity index is 2.73. The van der Waals surface area contributed by atoms with Crippen molar-refractivity contribution in [2.45, 2.75) is 20.0 Å². The number of esters is 1. The number of imide groups is 1. The minimum Gasteiger partial charge on any atom is -0.493 e. The molecule has 3 N–H and O–H groups in total. The third-order valence-electron chi connectivity index (χ3n) is 2.36. The van der Waals surface area contributed by atoms with E-state index in [0.29, 0.717) is 11.5 Å². The first-order valence-corrected chi connectivity index (χ1v) is 6.44. The standard InChI is InChI=1S/C14H18N2O6/c1-8(2)22-10-5-4-9(6-11(10)20-3)13(18)21-7-12(17)16-14(15)19/h4-6,8H,7H2,1-3H3,(H3,15,16,17,19). The highest BCUT2D eigenvalue weighted by molar-refractivity contribution is 5.96. The number of hydrogen-bond acceptors (Lipinski definition) is 6. The number of nitrogens with two attached hydrogens (primary N) is 1. The fourth-order valence-electron chi connectivity index (χ4n) is 1.53. The molecule has 0 aliphatic heterocycles. The van der Waals surface area contributed by atoms with Gasteiger partial charge in [0.05, 0.1) is 18.8 Å². The van der Waals surface area contributed by atoms with E-state index in [4.69, 9.17) is 19.9 Å². The fraction of sp³-hybridized carbons (Fsp3) is 0.357. The van der Waals surface area contributed by atoms with Gasteiger partial charge in [-0.2, -0.15) is 0 Å². The average Bonchev–Trinajstić information content (AvgIpc) is 2.43. The summed E-state index contributed by atoms with van der Waals surface area (Å²) in [6, 6.07) is 3.47. The zero-order chi connectivity index (χ0) is 16.7. The predicted octanol–water partition coefficient (Wildman–Crippen LogP) is 0.834. The van der Waals surface area contributed by atoms with Crippen molar-refractivity contribution >= 4 is 17.9 Å². The summed E-state index contributed by atoms with van der Waals surface area (Å²) < 4.78 is 15.4. The zero-order valence-electron chi connectivity index (χ0n) is 12.5. The summed E-state index contributed by atoms with van der Waals surface area (Å²) in [6.07, 6.45) is -0.0517. The van der Waals surface area contributed by atoms with Crippen LogP contribution in [0.15, 0.2) is 18.2 Å². The topological polar surface area (TPSA) is 117 Å².